The summed E-state index contributed by atoms with van der Waals surface area (Å²) >= 11 is 0. The summed E-state index contributed by atoms with van der Waals surface area (Å²) in [7, 11) is 0. The molecule has 1 unspecified atom stereocenters. The Bertz CT molecular complexity index is 665. The van der Waals surface area contributed by atoms with Crippen LogP contribution in [0.15, 0.2) is 36.7 Å². The van der Waals surface area contributed by atoms with Crippen molar-refractivity contribution in [3.8, 4) is 0 Å². The van der Waals surface area contributed by atoms with E-state index in [1.54, 1.807) is 10.9 Å². The van der Waals surface area contributed by atoms with Gasteiger partial charge in [-0.05, 0) is 43.4 Å². The number of carbonyl (C=O) groups is 1. The third-order valence-electron chi connectivity index (χ3n) is 4.18. The number of rotatable bonds is 4. The topological polar surface area (TPSA) is 58.4 Å². The Morgan fingerprint density at radius 1 is 1.41 bits per heavy atom. The van der Waals surface area contributed by atoms with Gasteiger partial charge in [-0.1, -0.05) is 18.2 Å². The molecule has 0 fully saturated rings. The van der Waals surface area contributed by atoms with Crippen LogP contribution >= 0.6 is 0 Å². The smallest absolute Gasteiger partial charge is 0.248 e. The zero-order valence-corrected chi connectivity index (χ0v) is 12.8. The van der Waals surface area contributed by atoms with Crippen molar-refractivity contribution in [3.63, 3.8) is 0 Å². The van der Waals surface area contributed by atoms with Crippen molar-refractivity contribution in [2.75, 3.05) is 11.5 Å². The van der Waals surface area contributed by atoms with Crippen LogP contribution in [0.4, 0.5) is 5.69 Å². The van der Waals surface area contributed by atoms with Crippen molar-refractivity contribution in [1.82, 2.24) is 9.78 Å². The molecule has 1 aromatic heterocycles. The quantitative estimate of drug-likeness (QED) is 0.936. The third-order valence-corrected chi connectivity index (χ3v) is 4.18. The van der Waals surface area contributed by atoms with Gasteiger partial charge in [0, 0.05) is 24.5 Å². The maximum Gasteiger partial charge on any atom is 0.248 e. The van der Waals surface area contributed by atoms with Crippen LogP contribution in [0.2, 0.25) is 0 Å². The number of hydrogen-bond acceptors (Lipinski definition) is 3. The lowest BCUT2D eigenvalue weighted by atomic mass is 9.96. The van der Waals surface area contributed by atoms with E-state index in [1.807, 2.05) is 29.3 Å². The van der Waals surface area contributed by atoms with Crippen molar-refractivity contribution in [2.24, 2.45) is 0 Å². The average Bonchev–Trinajstić information content (AvgIpc) is 2.94. The number of para-hydroxylation sites is 1. The molecule has 1 aliphatic heterocycles. The number of nitrogens with zero attached hydrogens (tertiary/aromatic N) is 3. The molecule has 0 radical (unpaired) electrons. The fraction of sp³-hybridized carbons (Fsp3) is 0.412. The van der Waals surface area contributed by atoms with E-state index >= 15 is 0 Å². The summed E-state index contributed by atoms with van der Waals surface area (Å²) in [5.74, 6) is 0.0540. The predicted octanol–water partition coefficient (Wildman–Crippen LogP) is 1.79. The Hall–Kier alpha value is -2.14. The number of aromatic nitrogens is 2. The van der Waals surface area contributed by atoms with Gasteiger partial charge in [0.2, 0.25) is 5.91 Å². The zero-order valence-electron chi connectivity index (χ0n) is 12.8. The standard InChI is InChI=1S/C17H21N3O2/c1-13-6-7-15-4-2-3-5-16(15)20(13)17(22)12-19-11-14(8-9-21)10-18-19/h2-5,10-11,13,21H,6-9,12H2,1H3. The fourth-order valence-electron chi connectivity index (χ4n) is 3.03. The van der Waals surface area contributed by atoms with Crippen molar-refractivity contribution in [2.45, 2.75) is 38.8 Å². The predicted molar refractivity (Wildman–Crippen MR) is 84.7 cm³/mol. The maximum absolute atomic E-state index is 12.7. The van der Waals surface area contributed by atoms with Gasteiger partial charge in [-0.3, -0.25) is 9.48 Å². The van der Waals surface area contributed by atoms with Gasteiger partial charge < -0.3 is 10.0 Å². The summed E-state index contributed by atoms with van der Waals surface area (Å²) in [6, 6.07) is 8.31. The number of carbonyl (C=O) groups excluding carboxylic acids is 1. The van der Waals surface area contributed by atoms with Crippen LogP contribution in [0.5, 0.6) is 0 Å². The lowest BCUT2D eigenvalue weighted by Gasteiger charge is -2.35. The van der Waals surface area contributed by atoms with Gasteiger partial charge in [0.05, 0.1) is 6.20 Å². The first-order valence-corrected chi connectivity index (χ1v) is 7.71. The molecule has 5 heteroatoms. The first kappa shape index (κ1) is 14.8. The van der Waals surface area contributed by atoms with Crippen molar-refractivity contribution in [1.29, 1.82) is 0 Å². The molecule has 0 saturated heterocycles. The molecule has 1 atom stereocenters. The van der Waals surface area contributed by atoms with Gasteiger partial charge in [0.1, 0.15) is 6.54 Å². The Balaban J connectivity index is 1.79. The van der Waals surface area contributed by atoms with Crippen molar-refractivity contribution in [3.05, 3.63) is 47.8 Å². The molecule has 2 aromatic rings. The van der Waals surface area contributed by atoms with E-state index in [0.29, 0.717) is 6.42 Å². The molecule has 0 bridgehead atoms. The highest BCUT2D eigenvalue weighted by molar-refractivity contribution is 5.95. The second-order valence-electron chi connectivity index (χ2n) is 5.80. The molecule has 0 spiro atoms. The number of anilines is 1. The minimum Gasteiger partial charge on any atom is -0.396 e. The molecule has 116 valence electrons. The summed E-state index contributed by atoms with van der Waals surface area (Å²) in [6.07, 6.45) is 6.10. The number of aliphatic hydroxyl groups is 1. The second kappa shape index (κ2) is 6.32. The monoisotopic (exact) mass is 299 g/mol. The molecule has 0 aliphatic carbocycles. The largest absolute Gasteiger partial charge is 0.396 e. The number of aliphatic hydroxyl groups excluding tert-OH is 1. The summed E-state index contributed by atoms with van der Waals surface area (Å²) in [6.45, 7) is 2.41. The number of fused-ring (bicyclic) bond motifs is 1. The van der Waals surface area contributed by atoms with Crippen LogP contribution in [-0.4, -0.2) is 33.4 Å². The second-order valence-corrected chi connectivity index (χ2v) is 5.80. The van der Waals surface area contributed by atoms with E-state index in [2.05, 4.69) is 18.1 Å². The molecule has 3 rings (SSSR count). The number of hydrogen-bond donors (Lipinski definition) is 1. The van der Waals surface area contributed by atoms with Crippen LogP contribution < -0.4 is 4.90 Å². The van der Waals surface area contributed by atoms with Gasteiger partial charge >= 0.3 is 0 Å². The van der Waals surface area contributed by atoms with E-state index in [9.17, 15) is 4.79 Å². The highest BCUT2D eigenvalue weighted by Crippen LogP contribution is 2.30. The number of amides is 1. The van der Waals surface area contributed by atoms with Gasteiger partial charge in [0.25, 0.3) is 0 Å². The molecule has 1 aromatic carbocycles. The third kappa shape index (κ3) is 2.90. The molecule has 5 nitrogen and oxygen atoms in total. The van der Waals surface area contributed by atoms with Crippen LogP contribution in [0.1, 0.15) is 24.5 Å². The van der Waals surface area contributed by atoms with E-state index in [4.69, 9.17) is 5.11 Å². The van der Waals surface area contributed by atoms with Crippen LogP contribution in [0.25, 0.3) is 0 Å². The first-order chi connectivity index (χ1) is 10.7. The van der Waals surface area contributed by atoms with Gasteiger partial charge in [0.15, 0.2) is 0 Å². The van der Waals surface area contributed by atoms with E-state index < -0.39 is 0 Å². The van der Waals surface area contributed by atoms with Gasteiger partial charge in [-0.15, -0.1) is 0 Å². The molecule has 2 heterocycles. The fourth-order valence-corrected chi connectivity index (χ4v) is 3.03. The SMILES string of the molecule is CC1CCc2ccccc2N1C(=O)Cn1cc(CCO)cn1. The summed E-state index contributed by atoms with van der Waals surface area (Å²) in [5, 5.41) is 13.2. The highest BCUT2D eigenvalue weighted by atomic mass is 16.3. The molecule has 1 amide bonds. The van der Waals surface area contributed by atoms with E-state index in [0.717, 1.165) is 24.1 Å². The van der Waals surface area contributed by atoms with Gasteiger partial charge in [-0.25, -0.2) is 0 Å². The first-order valence-electron chi connectivity index (χ1n) is 7.71. The van der Waals surface area contributed by atoms with E-state index in [1.165, 1.54) is 5.56 Å². The van der Waals surface area contributed by atoms with Gasteiger partial charge in [-0.2, -0.15) is 5.10 Å². The molecule has 1 N–H and O–H groups in total. The minimum absolute atomic E-state index is 0.0540. The molecule has 1 aliphatic rings. The molecule has 0 saturated carbocycles. The maximum atomic E-state index is 12.7. The average molecular weight is 299 g/mol. The Morgan fingerprint density at radius 3 is 3.05 bits per heavy atom. The van der Waals surface area contributed by atoms with E-state index in [-0.39, 0.29) is 25.1 Å². The normalized spacial score (nSPS) is 17.4. The van der Waals surface area contributed by atoms with Crippen LogP contribution in [0.3, 0.4) is 0 Å². The lowest BCUT2D eigenvalue weighted by Crippen LogP contribution is -2.43. The van der Waals surface area contributed by atoms with Crippen molar-refractivity contribution >= 4 is 11.6 Å². The lowest BCUT2D eigenvalue weighted by molar-refractivity contribution is -0.119. The van der Waals surface area contributed by atoms with Crippen LogP contribution in [-0.2, 0) is 24.2 Å². The van der Waals surface area contributed by atoms with Crippen molar-refractivity contribution < 1.29 is 9.90 Å². The highest BCUT2D eigenvalue weighted by Gasteiger charge is 2.28. The zero-order chi connectivity index (χ0) is 15.5. The van der Waals surface area contributed by atoms with Crippen LogP contribution in [0, 0.1) is 0 Å². The number of benzene rings is 1. The summed E-state index contributed by atoms with van der Waals surface area (Å²) in [5.41, 5.74) is 3.20. The molecular weight excluding hydrogens is 278 g/mol. The Kier molecular flexibility index (Phi) is 4.24. The summed E-state index contributed by atoms with van der Waals surface area (Å²) < 4.78 is 1.65. The molecular formula is C17H21N3O2. The molecule has 22 heavy (non-hydrogen) atoms. The minimum atomic E-state index is 0.0540. The Labute approximate surface area is 130 Å². The summed E-state index contributed by atoms with van der Waals surface area (Å²) in [4.78, 5) is 14.6. The Morgan fingerprint density at radius 2 is 2.23 bits per heavy atom. The number of aryl methyl sites for hydroxylation is 1.